The second kappa shape index (κ2) is 4.49. The molecule has 0 saturated carbocycles. The van der Waals surface area contributed by atoms with Gasteiger partial charge in [0.2, 0.25) is 0 Å². The minimum Gasteiger partial charge on any atom is -0.505 e. The first-order valence-electron chi connectivity index (χ1n) is 4.80. The van der Waals surface area contributed by atoms with Crippen molar-refractivity contribution in [3.8, 4) is 5.75 Å². The number of rotatable bonds is 3. The standard InChI is InChI=1S/C11H11FN2OS/c1-7(11-5-13-6-16-11)14-8-2-3-10(15)9(12)4-8/h2-7,14-15H,1H3. The Hall–Kier alpha value is -1.62. The second-order valence-corrected chi connectivity index (χ2v) is 4.35. The summed E-state index contributed by atoms with van der Waals surface area (Å²) >= 11 is 1.54. The van der Waals surface area contributed by atoms with Crippen molar-refractivity contribution in [2.45, 2.75) is 13.0 Å². The van der Waals surface area contributed by atoms with Gasteiger partial charge in [0.1, 0.15) is 0 Å². The number of hydrogen-bond acceptors (Lipinski definition) is 4. The number of benzene rings is 1. The van der Waals surface area contributed by atoms with Gasteiger partial charge in [-0.1, -0.05) is 0 Å². The number of nitrogens with zero attached hydrogens (tertiary/aromatic N) is 1. The number of anilines is 1. The SMILES string of the molecule is CC(Nc1ccc(O)c(F)c1)c1cncs1. The van der Waals surface area contributed by atoms with Crippen molar-refractivity contribution in [3.05, 3.63) is 40.6 Å². The van der Waals surface area contributed by atoms with Crippen LogP contribution in [0.1, 0.15) is 17.8 Å². The fraction of sp³-hybridized carbons (Fsp3) is 0.182. The molecular weight excluding hydrogens is 227 g/mol. The molecule has 1 unspecified atom stereocenters. The summed E-state index contributed by atoms with van der Waals surface area (Å²) in [6.07, 6.45) is 1.78. The molecule has 1 aromatic carbocycles. The van der Waals surface area contributed by atoms with Gasteiger partial charge in [0.15, 0.2) is 11.6 Å². The molecule has 0 bridgehead atoms. The van der Waals surface area contributed by atoms with Crippen molar-refractivity contribution in [2.75, 3.05) is 5.32 Å². The molecule has 0 spiro atoms. The summed E-state index contributed by atoms with van der Waals surface area (Å²) < 4.78 is 13.1. The van der Waals surface area contributed by atoms with Crippen molar-refractivity contribution in [1.82, 2.24) is 4.98 Å². The number of thiazole rings is 1. The zero-order valence-electron chi connectivity index (χ0n) is 8.64. The highest BCUT2D eigenvalue weighted by atomic mass is 32.1. The highest BCUT2D eigenvalue weighted by molar-refractivity contribution is 7.09. The lowest BCUT2D eigenvalue weighted by Crippen LogP contribution is -2.04. The van der Waals surface area contributed by atoms with Crippen molar-refractivity contribution in [3.63, 3.8) is 0 Å². The minimum absolute atomic E-state index is 0.0662. The van der Waals surface area contributed by atoms with Crippen LogP contribution in [-0.4, -0.2) is 10.1 Å². The molecule has 0 aliphatic carbocycles. The van der Waals surface area contributed by atoms with Crippen LogP contribution in [0.4, 0.5) is 10.1 Å². The van der Waals surface area contributed by atoms with E-state index in [0.717, 1.165) is 4.88 Å². The summed E-state index contributed by atoms with van der Waals surface area (Å²) in [5.41, 5.74) is 2.39. The average Bonchev–Trinajstić information content (AvgIpc) is 2.77. The van der Waals surface area contributed by atoms with E-state index in [4.69, 9.17) is 5.11 Å². The molecule has 1 aromatic heterocycles. The Morgan fingerprint density at radius 2 is 2.31 bits per heavy atom. The first-order valence-corrected chi connectivity index (χ1v) is 5.68. The highest BCUT2D eigenvalue weighted by Gasteiger charge is 2.08. The number of phenolic OH excluding ortho intramolecular Hbond substituents is 1. The van der Waals surface area contributed by atoms with Gasteiger partial charge in [-0.3, -0.25) is 4.98 Å². The molecule has 2 rings (SSSR count). The third-order valence-electron chi connectivity index (χ3n) is 2.21. The summed E-state index contributed by atoms with van der Waals surface area (Å²) in [6.45, 7) is 1.97. The Bertz CT molecular complexity index is 473. The molecular formula is C11H11FN2OS. The molecule has 0 amide bonds. The van der Waals surface area contributed by atoms with E-state index in [0.29, 0.717) is 5.69 Å². The molecule has 1 atom stereocenters. The third-order valence-corrected chi connectivity index (χ3v) is 3.17. The molecule has 0 saturated heterocycles. The maximum Gasteiger partial charge on any atom is 0.166 e. The zero-order chi connectivity index (χ0) is 11.5. The van der Waals surface area contributed by atoms with E-state index in [1.165, 1.54) is 12.1 Å². The molecule has 1 heterocycles. The van der Waals surface area contributed by atoms with Crippen LogP contribution in [0.25, 0.3) is 0 Å². The maximum atomic E-state index is 13.1. The molecule has 16 heavy (non-hydrogen) atoms. The van der Waals surface area contributed by atoms with Crippen LogP contribution in [0.2, 0.25) is 0 Å². The molecule has 84 valence electrons. The van der Waals surface area contributed by atoms with Crippen LogP contribution in [0, 0.1) is 5.82 Å². The summed E-state index contributed by atoms with van der Waals surface area (Å²) in [4.78, 5) is 5.06. The van der Waals surface area contributed by atoms with Crippen LogP contribution >= 0.6 is 11.3 Å². The van der Waals surface area contributed by atoms with E-state index in [-0.39, 0.29) is 11.8 Å². The average molecular weight is 238 g/mol. The molecule has 2 N–H and O–H groups in total. The van der Waals surface area contributed by atoms with Gasteiger partial charge in [0.05, 0.1) is 11.6 Å². The molecule has 0 fully saturated rings. The van der Waals surface area contributed by atoms with Crippen LogP contribution in [-0.2, 0) is 0 Å². The Morgan fingerprint density at radius 1 is 1.50 bits per heavy atom. The maximum absolute atomic E-state index is 13.1. The summed E-state index contributed by atoms with van der Waals surface area (Å²) in [5.74, 6) is -0.961. The topological polar surface area (TPSA) is 45.1 Å². The highest BCUT2D eigenvalue weighted by Crippen LogP contribution is 2.24. The van der Waals surface area contributed by atoms with E-state index >= 15 is 0 Å². The first-order chi connectivity index (χ1) is 7.66. The Balaban J connectivity index is 2.12. The number of aromatic nitrogens is 1. The van der Waals surface area contributed by atoms with E-state index in [1.54, 1.807) is 29.1 Å². The van der Waals surface area contributed by atoms with Crippen molar-refractivity contribution < 1.29 is 9.50 Å². The van der Waals surface area contributed by atoms with Gasteiger partial charge in [-0.15, -0.1) is 11.3 Å². The van der Waals surface area contributed by atoms with Gasteiger partial charge >= 0.3 is 0 Å². The zero-order valence-corrected chi connectivity index (χ0v) is 9.46. The number of aromatic hydroxyl groups is 1. The number of nitrogens with one attached hydrogen (secondary N) is 1. The monoisotopic (exact) mass is 238 g/mol. The van der Waals surface area contributed by atoms with Gasteiger partial charge in [-0.25, -0.2) is 4.39 Å². The van der Waals surface area contributed by atoms with Gasteiger partial charge in [0, 0.05) is 22.8 Å². The van der Waals surface area contributed by atoms with E-state index in [2.05, 4.69) is 10.3 Å². The molecule has 3 nitrogen and oxygen atoms in total. The smallest absolute Gasteiger partial charge is 0.166 e. The van der Waals surface area contributed by atoms with Crippen LogP contribution in [0.5, 0.6) is 5.75 Å². The van der Waals surface area contributed by atoms with Crippen molar-refractivity contribution in [1.29, 1.82) is 0 Å². The Morgan fingerprint density at radius 3 is 2.94 bits per heavy atom. The Labute approximate surface area is 96.6 Å². The number of halogens is 1. The lowest BCUT2D eigenvalue weighted by atomic mass is 10.2. The summed E-state index contributed by atoms with van der Waals surface area (Å²) in [7, 11) is 0. The first kappa shape index (κ1) is 10.9. The molecule has 0 aliphatic rings. The lowest BCUT2D eigenvalue weighted by Gasteiger charge is -2.13. The van der Waals surface area contributed by atoms with Gasteiger partial charge in [-0.05, 0) is 19.1 Å². The quantitative estimate of drug-likeness (QED) is 0.807. The molecule has 2 aromatic rings. The summed E-state index contributed by atoms with van der Waals surface area (Å²) in [5, 5.41) is 12.2. The minimum atomic E-state index is -0.624. The van der Waals surface area contributed by atoms with Gasteiger partial charge < -0.3 is 10.4 Å². The Kier molecular flexibility index (Phi) is 3.05. The normalized spacial score (nSPS) is 12.4. The van der Waals surface area contributed by atoms with Crippen LogP contribution in [0.3, 0.4) is 0 Å². The van der Waals surface area contributed by atoms with E-state index < -0.39 is 5.82 Å². The molecule has 5 heteroatoms. The molecule has 0 aliphatic heterocycles. The number of phenols is 1. The predicted molar refractivity (Wildman–Crippen MR) is 62.2 cm³/mol. The molecule has 0 radical (unpaired) electrons. The predicted octanol–water partition coefficient (Wildman–Crippen LogP) is 3.16. The lowest BCUT2D eigenvalue weighted by molar-refractivity contribution is 0.432. The third kappa shape index (κ3) is 2.30. The van der Waals surface area contributed by atoms with Crippen molar-refractivity contribution >= 4 is 17.0 Å². The van der Waals surface area contributed by atoms with E-state index in [9.17, 15) is 4.39 Å². The largest absolute Gasteiger partial charge is 0.505 e. The van der Waals surface area contributed by atoms with Crippen LogP contribution < -0.4 is 5.32 Å². The fourth-order valence-corrected chi connectivity index (χ4v) is 1.99. The fourth-order valence-electron chi connectivity index (χ4n) is 1.36. The second-order valence-electron chi connectivity index (χ2n) is 3.44. The van der Waals surface area contributed by atoms with Crippen LogP contribution in [0.15, 0.2) is 29.9 Å². The number of hydrogen-bond donors (Lipinski definition) is 2. The van der Waals surface area contributed by atoms with E-state index in [1.807, 2.05) is 6.92 Å². The van der Waals surface area contributed by atoms with Crippen molar-refractivity contribution in [2.24, 2.45) is 0 Å². The van der Waals surface area contributed by atoms with Gasteiger partial charge in [-0.2, -0.15) is 0 Å². The van der Waals surface area contributed by atoms with Gasteiger partial charge in [0.25, 0.3) is 0 Å². The summed E-state index contributed by atoms with van der Waals surface area (Å²) in [6, 6.07) is 4.30.